The van der Waals surface area contributed by atoms with E-state index >= 15 is 0 Å². The average molecular weight is 417 g/mol. The predicted octanol–water partition coefficient (Wildman–Crippen LogP) is 3.32. The zero-order valence-corrected chi connectivity index (χ0v) is 17.3. The lowest BCUT2D eigenvalue weighted by molar-refractivity contribution is -0.119. The van der Waals surface area contributed by atoms with E-state index in [9.17, 15) is 13.2 Å². The standard InChI is InChI=1S/C21H28N4O3S/c26-21(22-20-15-17(23-24-20)14-16-8-3-1-4-9-16)19-12-7-13-25(19)29(27,28)18-10-5-2-6-11-18/h2,5-6,10-11,15-16,19H,1,3-4,7-9,12-14H2,(H2,22,23,24,26). The van der Waals surface area contributed by atoms with E-state index in [0.717, 1.165) is 12.1 Å². The third kappa shape index (κ3) is 4.53. The average Bonchev–Trinajstić information content (AvgIpc) is 3.39. The SMILES string of the molecule is O=C(Nc1cc(CC2CCCCC2)[nH]n1)C1CCCN1S(=O)(=O)c1ccccc1. The maximum Gasteiger partial charge on any atom is 0.244 e. The molecule has 8 heteroatoms. The number of anilines is 1. The van der Waals surface area contributed by atoms with Crippen LogP contribution in [0.5, 0.6) is 0 Å². The molecule has 1 saturated carbocycles. The van der Waals surface area contributed by atoms with E-state index in [4.69, 9.17) is 0 Å². The lowest BCUT2D eigenvalue weighted by Crippen LogP contribution is -2.43. The van der Waals surface area contributed by atoms with Gasteiger partial charge in [0.05, 0.1) is 4.90 Å². The molecular weight excluding hydrogens is 388 g/mol. The van der Waals surface area contributed by atoms with Crippen LogP contribution >= 0.6 is 0 Å². The van der Waals surface area contributed by atoms with Crippen molar-refractivity contribution in [1.29, 1.82) is 0 Å². The summed E-state index contributed by atoms with van der Waals surface area (Å²) in [5.41, 5.74) is 1.02. The number of carbonyl (C=O) groups excluding carboxylic acids is 1. The summed E-state index contributed by atoms with van der Waals surface area (Å²) in [5, 5.41) is 10.0. The fourth-order valence-corrected chi connectivity index (χ4v) is 6.14. The lowest BCUT2D eigenvalue weighted by atomic mass is 9.86. The Morgan fingerprint density at radius 3 is 2.62 bits per heavy atom. The second-order valence-electron chi connectivity index (χ2n) is 8.06. The van der Waals surface area contributed by atoms with E-state index in [2.05, 4.69) is 15.5 Å². The van der Waals surface area contributed by atoms with Gasteiger partial charge in [-0.15, -0.1) is 0 Å². The Morgan fingerprint density at radius 2 is 1.86 bits per heavy atom. The molecule has 1 amide bonds. The van der Waals surface area contributed by atoms with Gasteiger partial charge in [-0.05, 0) is 37.3 Å². The van der Waals surface area contributed by atoms with Crippen LogP contribution in [0.15, 0.2) is 41.3 Å². The molecule has 7 nitrogen and oxygen atoms in total. The molecule has 1 aliphatic heterocycles. The molecule has 1 aromatic carbocycles. The van der Waals surface area contributed by atoms with Gasteiger partial charge >= 0.3 is 0 Å². The Kier molecular flexibility index (Phi) is 6.01. The normalized spacial score (nSPS) is 21.3. The van der Waals surface area contributed by atoms with Crippen molar-refractivity contribution in [2.45, 2.75) is 62.3 Å². The predicted molar refractivity (Wildman–Crippen MR) is 111 cm³/mol. The number of nitrogens with zero attached hydrogens (tertiary/aromatic N) is 2. The van der Waals surface area contributed by atoms with E-state index in [0.29, 0.717) is 31.1 Å². The molecule has 1 aromatic heterocycles. The van der Waals surface area contributed by atoms with Crippen molar-refractivity contribution >= 4 is 21.7 Å². The summed E-state index contributed by atoms with van der Waals surface area (Å²) < 4.78 is 27.2. The quantitative estimate of drug-likeness (QED) is 0.755. The summed E-state index contributed by atoms with van der Waals surface area (Å²) in [6.07, 6.45) is 8.51. The molecule has 156 valence electrons. The Morgan fingerprint density at radius 1 is 1.10 bits per heavy atom. The van der Waals surface area contributed by atoms with E-state index in [-0.39, 0.29) is 10.8 Å². The Bertz CT molecular complexity index is 936. The smallest absolute Gasteiger partial charge is 0.244 e. The highest BCUT2D eigenvalue weighted by Gasteiger charge is 2.39. The van der Waals surface area contributed by atoms with Crippen LogP contribution in [0.4, 0.5) is 5.82 Å². The topological polar surface area (TPSA) is 95.2 Å². The highest BCUT2D eigenvalue weighted by Crippen LogP contribution is 2.28. The number of H-pyrrole nitrogens is 1. The number of carbonyl (C=O) groups is 1. The number of amides is 1. The summed E-state index contributed by atoms with van der Waals surface area (Å²) in [6, 6.07) is 9.44. The third-order valence-corrected chi connectivity index (χ3v) is 7.89. The Hall–Kier alpha value is -2.19. The number of hydrogen-bond donors (Lipinski definition) is 2. The van der Waals surface area contributed by atoms with Gasteiger partial charge in [0.2, 0.25) is 15.9 Å². The van der Waals surface area contributed by atoms with Crippen LogP contribution in [-0.2, 0) is 21.2 Å². The second-order valence-corrected chi connectivity index (χ2v) is 9.95. The van der Waals surface area contributed by atoms with E-state index in [1.165, 1.54) is 36.4 Å². The zero-order valence-electron chi connectivity index (χ0n) is 16.5. The molecule has 0 spiro atoms. The molecule has 2 aromatic rings. The van der Waals surface area contributed by atoms with Crippen molar-refractivity contribution in [2.75, 3.05) is 11.9 Å². The zero-order chi connectivity index (χ0) is 20.3. The number of aromatic nitrogens is 2. The van der Waals surface area contributed by atoms with Crippen LogP contribution in [0.2, 0.25) is 0 Å². The van der Waals surface area contributed by atoms with Gasteiger partial charge in [-0.2, -0.15) is 9.40 Å². The molecule has 4 rings (SSSR count). The van der Waals surface area contributed by atoms with Gasteiger partial charge in [0.1, 0.15) is 6.04 Å². The molecule has 29 heavy (non-hydrogen) atoms. The number of rotatable bonds is 6. The van der Waals surface area contributed by atoms with E-state index in [1.807, 2.05) is 6.07 Å². The van der Waals surface area contributed by atoms with E-state index in [1.54, 1.807) is 30.3 Å². The van der Waals surface area contributed by atoms with Crippen molar-refractivity contribution < 1.29 is 13.2 Å². The molecule has 2 fully saturated rings. The minimum absolute atomic E-state index is 0.217. The van der Waals surface area contributed by atoms with Gasteiger partial charge in [0.15, 0.2) is 5.82 Å². The number of sulfonamides is 1. The van der Waals surface area contributed by atoms with Crippen LogP contribution in [0.25, 0.3) is 0 Å². The summed E-state index contributed by atoms with van der Waals surface area (Å²) in [7, 11) is -3.69. The van der Waals surface area contributed by atoms with Gasteiger partial charge in [0, 0.05) is 18.3 Å². The monoisotopic (exact) mass is 416 g/mol. The molecular formula is C21H28N4O3S. The molecule has 2 aliphatic rings. The fraction of sp³-hybridized carbons (Fsp3) is 0.524. The summed E-state index contributed by atoms with van der Waals surface area (Å²) in [6.45, 7) is 0.350. The largest absolute Gasteiger partial charge is 0.308 e. The highest BCUT2D eigenvalue weighted by molar-refractivity contribution is 7.89. The first-order chi connectivity index (χ1) is 14.0. The van der Waals surface area contributed by atoms with E-state index < -0.39 is 16.1 Å². The minimum atomic E-state index is -3.69. The first-order valence-electron chi connectivity index (χ1n) is 10.5. The molecule has 2 heterocycles. The number of nitrogens with one attached hydrogen (secondary N) is 2. The molecule has 1 aliphatic carbocycles. The molecule has 1 unspecified atom stereocenters. The maximum atomic E-state index is 13.0. The molecule has 1 saturated heterocycles. The van der Waals surface area contributed by atoms with Crippen LogP contribution in [0.3, 0.4) is 0 Å². The summed E-state index contributed by atoms with van der Waals surface area (Å²) in [5.74, 6) is 0.816. The third-order valence-electron chi connectivity index (χ3n) is 5.97. The molecule has 0 radical (unpaired) electrons. The fourth-order valence-electron chi connectivity index (χ4n) is 4.46. The van der Waals surface area contributed by atoms with Crippen LogP contribution in [0.1, 0.15) is 50.6 Å². The van der Waals surface area contributed by atoms with Crippen LogP contribution in [-0.4, -0.2) is 41.4 Å². The van der Waals surface area contributed by atoms with Crippen LogP contribution in [0, 0.1) is 5.92 Å². The van der Waals surface area contributed by atoms with Gasteiger partial charge in [0.25, 0.3) is 0 Å². The Labute approximate surface area is 171 Å². The van der Waals surface area contributed by atoms with Gasteiger partial charge in [-0.3, -0.25) is 9.89 Å². The van der Waals surface area contributed by atoms with Crippen molar-refractivity contribution in [2.24, 2.45) is 5.92 Å². The van der Waals surface area contributed by atoms with Gasteiger partial charge in [-0.25, -0.2) is 8.42 Å². The number of hydrogen-bond acceptors (Lipinski definition) is 4. The van der Waals surface area contributed by atoms with Crippen molar-refractivity contribution in [3.8, 4) is 0 Å². The lowest BCUT2D eigenvalue weighted by Gasteiger charge is -2.23. The second kappa shape index (κ2) is 8.67. The molecule has 2 N–H and O–H groups in total. The van der Waals surface area contributed by atoms with Gasteiger partial charge in [-0.1, -0.05) is 50.3 Å². The van der Waals surface area contributed by atoms with Crippen LogP contribution < -0.4 is 5.32 Å². The maximum absolute atomic E-state index is 13.0. The number of aromatic amines is 1. The first-order valence-corrected chi connectivity index (χ1v) is 11.9. The summed E-state index contributed by atoms with van der Waals surface area (Å²) in [4.78, 5) is 13.0. The molecule has 1 atom stereocenters. The van der Waals surface area contributed by atoms with Crippen molar-refractivity contribution in [1.82, 2.24) is 14.5 Å². The molecule has 0 bridgehead atoms. The number of benzene rings is 1. The minimum Gasteiger partial charge on any atom is -0.308 e. The first kappa shape index (κ1) is 20.1. The van der Waals surface area contributed by atoms with Crippen molar-refractivity contribution in [3.63, 3.8) is 0 Å². The highest BCUT2D eigenvalue weighted by atomic mass is 32.2. The summed E-state index contributed by atoms with van der Waals surface area (Å²) >= 11 is 0. The van der Waals surface area contributed by atoms with Gasteiger partial charge < -0.3 is 5.32 Å². The Balaban J connectivity index is 1.41. The van der Waals surface area contributed by atoms with Crippen molar-refractivity contribution in [3.05, 3.63) is 42.1 Å².